The summed E-state index contributed by atoms with van der Waals surface area (Å²) in [6.07, 6.45) is 1.44. The molecule has 3 aromatic rings. The third kappa shape index (κ3) is 3.19. The lowest BCUT2D eigenvalue weighted by Crippen LogP contribution is -1.90. The molecule has 2 N–H and O–H groups in total. The van der Waals surface area contributed by atoms with Gasteiger partial charge in [-0.15, -0.1) is 0 Å². The molecule has 7 nitrogen and oxygen atoms in total. The molecule has 0 aliphatic heterocycles. The Morgan fingerprint density at radius 2 is 1.83 bits per heavy atom. The summed E-state index contributed by atoms with van der Waals surface area (Å²) in [6, 6.07) is 13.9. The number of phenols is 2. The van der Waals surface area contributed by atoms with Crippen LogP contribution in [-0.4, -0.2) is 20.3 Å². The number of phenolic OH excluding ortho intramolecular Hbond substituents is 2. The first-order valence-electron chi connectivity index (χ1n) is 7.25. The largest absolute Gasteiger partial charge is 0.504 e. The van der Waals surface area contributed by atoms with E-state index in [0.717, 1.165) is 12.5 Å². The molecule has 0 atom stereocenters. The third-order valence-corrected chi connectivity index (χ3v) is 3.62. The van der Waals surface area contributed by atoms with E-state index in [1.165, 1.54) is 11.6 Å². The average Bonchev–Trinajstić information content (AvgIpc) is 3.05. The van der Waals surface area contributed by atoms with Gasteiger partial charge in [0.15, 0.2) is 11.5 Å². The smallest absolute Gasteiger partial charge is 0.315 e. The molecule has 0 unspecified atom stereocenters. The van der Waals surface area contributed by atoms with Crippen LogP contribution in [0, 0.1) is 10.1 Å². The van der Waals surface area contributed by atoms with E-state index >= 15 is 0 Å². The highest BCUT2D eigenvalue weighted by molar-refractivity contribution is 5.69. The van der Waals surface area contributed by atoms with Crippen molar-refractivity contribution in [2.24, 2.45) is 0 Å². The van der Waals surface area contributed by atoms with Crippen LogP contribution in [0.25, 0.3) is 11.3 Å². The molecule has 0 spiro atoms. The Labute approximate surface area is 136 Å². The summed E-state index contributed by atoms with van der Waals surface area (Å²) >= 11 is 0. The van der Waals surface area contributed by atoms with E-state index in [9.17, 15) is 20.3 Å². The summed E-state index contributed by atoms with van der Waals surface area (Å²) < 4.78 is 5.20. The maximum Gasteiger partial charge on any atom is 0.315 e. The Hall–Kier alpha value is -3.35. The molecule has 24 heavy (non-hydrogen) atoms. The van der Waals surface area contributed by atoms with Gasteiger partial charge in [-0.3, -0.25) is 10.1 Å². The first kappa shape index (κ1) is 15.5. The molecule has 1 heterocycles. The molecule has 0 amide bonds. The number of aromatic hydroxyl groups is 2. The molecule has 122 valence electrons. The van der Waals surface area contributed by atoms with Crippen molar-refractivity contribution >= 4 is 5.69 Å². The molecule has 0 saturated heterocycles. The zero-order valence-electron chi connectivity index (χ0n) is 12.5. The molecule has 0 fully saturated rings. The lowest BCUT2D eigenvalue weighted by molar-refractivity contribution is -0.385. The molecular weight excluding hydrogens is 312 g/mol. The molecule has 0 aliphatic carbocycles. The number of aryl methyl sites for hydroxylation is 2. The summed E-state index contributed by atoms with van der Waals surface area (Å²) in [7, 11) is 0. The number of aromatic nitrogens is 1. The Morgan fingerprint density at radius 1 is 1.08 bits per heavy atom. The van der Waals surface area contributed by atoms with Crippen LogP contribution in [0.1, 0.15) is 11.3 Å². The maximum absolute atomic E-state index is 10.9. The summed E-state index contributed by atoms with van der Waals surface area (Å²) in [4.78, 5) is 10.1. The second kappa shape index (κ2) is 6.41. The van der Waals surface area contributed by atoms with Crippen LogP contribution >= 0.6 is 0 Å². The van der Waals surface area contributed by atoms with Crippen molar-refractivity contribution in [1.29, 1.82) is 0 Å². The molecule has 2 aromatic carbocycles. The van der Waals surface area contributed by atoms with E-state index in [2.05, 4.69) is 5.16 Å². The van der Waals surface area contributed by atoms with Gasteiger partial charge in [0.25, 0.3) is 0 Å². The summed E-state index contributed by atoms with van der Waals surface area (Å²) in [5, 5.41) is 34.0. The normalized spacial score (nSPS) is 10.7. The lowest BCUT2D eigenvalue weighted by atomic mass is 10.1. The maximum atomic E-state index is 10.9. The minimum absolute atomic E-state index is 0.274. The van der Waals surface area contributed by atoms with Crippen molar-refractivity contribution in [3.05, 3.63) is 69.9 Å². The minimum Gasteiger partial charge on any atom is -0.504 e. The Kier molecular flexibility index (Phi) is 4.15. The molecule has 0 radical (unpaired) electrons. The van der Waals surface area contributed by atoms with Gasteiger partial charge in [-0.1, -0.05) is 35.5 Å². The molecule has 0 saturated carbocycles. The van der Waals surface area contributed by atoms with Crippen LogP contribution in [0.2, 0.25) is 0 Å². The first-order chi connectivity index (χ1) is 11.5. The van der Waals surface area contributed by atoms with Crippen LogP contribution in [-0.2, 0) is 12.8 Å². The number of rotatable bonds is 5. The van der Waals surface area contributed by atoms with Crippen LogP contribution in [0.5, 0.6) is 11.5 Å². The van der Waals surface area contributed by atoms with Crippen molar-refractivity contribution in [3.63, 3.8) is 0 Å². The number of nitro groups is 1. The summed E-state index contributed by atoms with van der Waals surface area (Å²) in [5.41, 5.74) is 1.55. The topological polar surface area (TPSA) is 110 Å². The molecule has 1 aromatic heterocycles. The quantitative estimate of drug-likeness (QED) is 0.422. The summed E-state index contributed by atoms with van der Waals surface area (Å²) in [6.45, 7) is 0. The Morgan fingerprint density at radius 3 is 2.54 bits per heavy atom. The standard InChI is InChI=1S/C17H14N2O5/c20-15-9-12(8-14(17(15)21)19(22)23)16-10-13(18-24-16)7-6-11-4-2-1-3-5-11/h1-5,8-10,20-21H,6-7H2. The zero-order valence-corrected chi connectivity index (χ0v) is 12.5. The highest BCUT2D eigenvalue weighted by Crippen LogP contribution is 2.39. The predicted molar refractivity (Wildman–Crippen MR) is 85.8 cm³/mol. The van der Waals surface area contributed by atoms with E-state index < -0.39 is 22.1 Å². The van der Waals surface area contributed by atoms with Crippen LogP contribution in [0.15, 0.2) is 53.1 Å². The zero-order chi connectivity index (χ0) is 17.1. The molecule has 0 bridgehead atoms. The molecule has 7 heteroatoms. The van der Waals surface area contributed by atoms with Gasteiger partial charge in [-0.2, -0.15) is 0 Å². The monoisotopic (exact) mass is 326 g/mol. The van der Waals surface area contributed by atoms with E-state index in [0.29, 0.717) is 12.1 Å². The van der Waals surface area contributed by atoms with Crippen molar-refractivity contribution in [3.8, 4) is 22.8 Å². The average molecular weight is 326 g/mol. The van der Waals surface area contributed by atoms with Crippen molar-refractivity contribution in [1.82, 2.24) is 5.16 Å². The number of benzene rings is 2. The number of hydrogen-bond donors (Lipinski definition) is 2. The van der Waals surface area contributed by atoms with E-state index in [4.69, 9.17) is 4.52 Å². The fraction of sp³-hybridized carbons (Fsp3) is 0.118. The van der Waals surface area contributed by atoms with Gasteiger partial charge < -0.3 is 14.7 Å². The first-order valence-corrected chi connectivity index (χ1v) is 7.25. The molecule has 0 aliphatic rings. The van der Waals surface area contributed by atoms with Crippen molar-refractivity contribution < 1.29 is 19.7 Å². The third-order valence-electron chi connectivity index (χ3n) is 3.62. The summed E-state index contributed by atoms with van der Waals surface area (Å²) in [5.74, 6) is -1.06. The van der Waals surface area contributed by atoms with Crippen LogP contribution in [0.4, 0.5) is 5.69 Å². The van der Waals surface area contributed by atoms with Crippen LogP contribution < -0.4 is 0 Å². The highest BCUT2D eigenvalue weighted by atomic mass is 16.6. The van der Waals surface area contributed by atoms with Crippen molar-refractivity contribution in [2.45, 2.75) is 12.8 Å². The lowest BCUT2D eigenvalue weighted by Gasteiger charge is -2.01. The molecular formula is C17H14N2O5. The SMILES string of the molecule is O=[N+]([O-])c1cc(-c2cc(CCc3ccccc3)no2)cc(O)c1O. The van der Waals surface area contributed by atoms with Gasteiger partial charge in [0.2, 0.25) is 5.75 Å². The second-order valence-corrected chi connectivity index (χ2v) is 5.29. The number of nitrogens with zero attached hydrogens (tertiary/aromatic N) is 2. The number of nitro benzene ring substituents is 1. The van der Waals surface area contributed by atoms with E-state index in [-0.39, 0.29) is 11.3 Å². The fourth-order valence-corrected chi connectivity index (χ4v) is 2.37. The van der Waals surface area contributed by atoms with Gasteiger partial charge in [-0.05, 0) is 24.5 Å². The fourth-order valence-electron chi connectivity index (χ4n) is 2.37. The van der Waals surface area contributed by atoms with Gasteiger partial charge in [-0.25, -0.2) is 0 Å². The van der Waals surface area contributed by atoms with Crippen LogP contribution in [0.3, 0.4) is 0 Å². The van der Waals surface area contributed by atoms with Gasteiger partial charge in [0, 0.05) is 17.7 Å². The van der Waals surface area contributed by atoms with Crippen molar-refractivity contribution in [2.75, 3.05) is 0 Å². The predicted octanol–water partition coefficient (Wildman–Crippen LogP) is 3.45. The van der Waals surface area contributed by atoms with Gasteiger partial charge >= 0.3 is 5.69 Å². The minimum atomic E-state index is -0.773. The van der Waals surface area contributed by atoms with E-state index in [1.807, 2.05) is 30.3 Å². The highest BCUT2D eigenvalue weighted by Gasteiger charge is 2.21. The number of hydrogen-bond acceptors (Lipinski definition) is 6. The van der Waals surface area contributed by atoms with Gasteiger partial charge in [0.1, 0.15) is 0 Å². The van der Waals surface area contributed by atoms with Gasteiger partial charge in [0.05, 0.1) is 10.6 Å². The Balaban J connectivity index is 1.82. The van der Waals surface area contributed by atoms with E-state index in [1.54, 1.807) is 6.07 Å². The Bertz CT molecular complexity index is 874. The molecule has 3 rings (SSSR count). The second-order valence-electron chi connectivity index (χ2n) is 5.29.